The van der Waals surface area contributed by atoms with E-state index in [9.17, 15) is 12.8 Å². The van der Waals surface area contributed by atoms with Gasteiger partial charge in [-0.1, -0.05) is 32.9 Å². The molecule has 2 aromatic heterocycles. The maximum Gasteiger partial charge on any atom is 0.265 e. The van der Waals surface area contributed by atoms with Crippen LogP contribution >= 0.6 is 0 Å². The Kier molecular flexibility index (Phi) is 5.05. The lowest BCUT2D eigenvalue weighted by molar-refractivity contribution is 0.550. The van der Waals surface area contributed by atoms with Crippen molar-refractivity contribution in [2.45, 2.75) is 38.0 Å². The van der Waals surface area contributed by atoms with Gasteiger partial charge in [-0.15, -0.1) is 0 Å². The van der Waals surface area contributed by atoms with Crippen LogP contribution in [0, 0.1) is 12.7 Å². The standard InChI is InChI=1S/C23H23FN4O2S/c1-15-13-22(28(26-15)20-9-5-8-19-17(20)7-6-12-25-19)27-31(29,30)21-11-10-16(14-18(21)24)23(2,3)4/h5-14,27H,1-4H3. The molecular weight excluding hydrogens is 415 g/mol. The van der Waals surface area contributed by atoms with E-state index in [1.807, 2.05) is 45.0 Å². The molecule has 4 rings (SSSR count). The summed E-state index contributed by atoms with van der Waals surface area (Å²) in [6.07, 6.45) is 1.69. The number of benzene rings is 2. The van der Waals surface area contributed by atoms with Crippen molar-refractivity contribution in [1.82, 2.24) is 14.8 Å². The van der Waals surface area contributed by atoms with Crippen LogP contribution < -0.4 is 4.72 Å². The smallest absolute Gasteiger partial charge is 0.263 e. The molecule has 0 fully saturated rings. The highest BCUT2D eigenvalue weighted by Crippen LogP contribution is 2.29. The number of hydrogen-bond acceptors (Lipinski definition) is 4. The van der Waals surface area contributed by atoms with Crippen molar-refractivity contribution in [3.8, 4) is 5.69 Å². The van der Waals surface area contributed by atoms with Gasteiger partial charge in [0.2, 0.25) is 0 Å². The van der Waals surface area contributed by atoms with Crippen molar-refractivity contribution < 1.29 is 12.8 Å². The molecule has 31 heavy (non-hydrogen) atoms. The van der Waals surface area contributed by atoms with E-state index in [2.05, 4.69) is 14.8 Å². The van der Waals surface area contributed by atoms with Crippen LogP contribution in [0.3, 0.4) is 0 Å². The SMILES string of the molecule is Cc1cc(NS(=O)(=O)c2ccc(C(C)(C)C)cc2F)n(-c2cccc3ncccc23)n1. The minimum atomic E-state index is -4.18. The van der Waals surface area contributed by atoms with Crippen molar-refractivity contribution in [1.29, 1.82) is 0 Å². The predicted octanol–water partition coefficient (Wildman–Crippen LogP) is 4.97. The number of aryl methyl sites for hydroxylation is 1. The molecule has 0 spiro atoms. The Hall–Kier alpha value is -3.26. The van der Waals surface area contributed by atoms with E-state index < -0.39 is 20.7 Å². The second-order valence-corrected chi connectivity index (χ2v) is 10.1. The number of aromatic nitrogens is 3. The van der Waals surface area contributed by atoms with Crippen molar-refractivity contribution >= 4 is 26.7 Å². The number of rotatable bonds is 4. The maximum absolute atomic E-state index is 14.8. The molecule has 0 radical (unpaired) electrons. The lowest BCUT2D eigenvalue weighted by Crippen LogP contribution is -2.18. The zero-order chi connectivity index (χ0) is 22.4. The highest BCUT2D eigenvalue weighted by atomic mass is 32.2. The molecule has 2 heterocycles. The number of pyridine rings is 1. The summed E-state index contributed by atoms with van der Waals surface area (Å²) in [6, 6.07) is 15.0. The molecule has 0 aliphatic carbocycles. The van der Waals surface area contributed by atoms with E-state index >= 15 is 0 Å². The van der Waals surface area contributed by atoms with Gasteiger partial charge in [0.1, 0.15) is 16.5 Å². The minimum absolute atomic E-state index is 0.216. The molecule has 0 aliphatic rings. The Balaban J connectivity index is 1.78. The number of hydrogen-bond donors (Lipinski definition) is 1. The predicted molar refractivity (Wildman–Crippen MR) is 120 cm³/mol. The summed E-state index contributed by atoms with van der Waals surface area (Å²) in [6.45, 7) is 7.58. The van der Waals surface area contributed by atoms with Crippen LogP contribution in [-0.2, 0) is 15.4 Å². The zero-order valence-corrected chi connectivity index (χ0v) is 18.5. The fraction of sp³-hybridized carbons (Fsp3) is 0.217. The monoisotopic (exact) mass is 438 g/mol. The van der Waals surface area contributed by atoms with Gasteiger partial charge in [0, 0.05) is 17.6 Å². The van der Waals surface area contributed by atoms with Crippen LogP contribution in [0.15, 0.2) is 65.7 Å². The van der Waals surface area contributed by atoms with Gasteiger partial charge in [0.15, 0.2) is 0 Å². The van der Waals surface area contributed by atoms with Gasteiger partial charge in [-0.2, -0.15) is 5.10 Å². The lowest BCUT2D eigenvalue weighted by Gasteiger charge is -2.20. The van der Waals surface area contributed by atoms with Crippen molar-refractivity contribution in [3.63, 3.8) is 0 Å². The third kappa shape index (κ3) is 4.03. The molecule has 0 saturated carbocycles. The first-order valence-corrected chi connectivity index (χ1v) is 11.3. The second kappa shape index (κ2) is 7.46. The molecule has 160 valence electrons. The maximum atomic E-state index is 14.8. The Labute approximate surface area is 180 Å². The minimum Gasteiger partial charge on any atom is -0.263 e. The molecule has 4 aromatic rings. The molecule has 2 aromatic carbocycles. The summed E-state index contributed by atoms with van der Waals surface area (Å²) < 4.78 is 44.8. The molecule has 0 atom stereocenters. The molecule has 0 aliphatic heterocycles. The van der Waals surface area contributed by atoms with Gasteiger partial charge >= 0.3 is 0 Å². The number of sulfonamides is 1. The van der Waals surface area contributed by atoms with Crippen molar-refractivity contribution in [2.24, 2.45) is 0 Å². The van der Waals surface area contributed by atoms with Crippen LogP contribution in [0.2, 0.25) is 0 Å². The number of nitrogens with one attached hydrogen (secondary N) is 1. The largest absolute Gasteiger partial charge is 0.265 e. The topological polar surface area (TPSA) is 76.9 Å². The van der Waals surface area contributed by atoms with Crippen LogP contribution in [0.4, 0.5) is 10.2 Å². The Morgan fingerprint density at radius 3 is 2.52 bits per heavy atom. The second-order valence-electron chi connectivity index (χ2n) is 8.43. The van der Waals surface area contributed by atoms with E-state index in [1.165, 1.54) is 16.8 Å². The average molecular weight is 439 g/mol. The Morgan fingerprint density at radius 2 is 1.81 bits per heavy atom. The fourth-order valence-corrected chi connectivity index (χ4v) is 4.50. The molecule has 0 amide bonds. The van der Waals surface area contributed by atoms with Crippen LogP contribution in [0.1, 0.15) is 32.0 Å². The summed E-state index contributed by atoms with van der Waals surface area (Å²) in [5.41, 5.74) is 2.45. The van der Waals surface area contributed by atoms with Gasteiger partial charge in [-0.25, -0.2) is 17.5 Å². The van der Waals surface area contributed by atoms with Gasteiger partial charge in [-0.05, 0) is 54.3 Å². The van der Waals surface area contributed by atoms with Crippen molar-refractivity contribution in [2.75, 3.05) is 4.72 Å². The highest BCUT2D eigenvalue weighted by Gasteiger charge is 2.24. The van der Waals surface area contributed by atoms with E-state index in [1.54, 1.807) is 31.3 Å². The summed E-state index contributed by atoms with van der Waals surface area (Å²) in [4.78, 5) is 3.92. The number of nitrogens with zero attached hydrogens (tertiary/aromatic N) is 3. The number of fused-ring (bicyclic) bond motifs is 1. The quantitative estimate of drug-likeness (QED) is 0.488. The van der Waals surface area contributed by atoms with E-state index in [4.69, 9.17) is 0 Å². The third-order valence-electron chi connectivity index (χ3n) is 5.01. The molecule has 0 unspecified atom stereocenters. The molecule has 6 nitrogen and oxygen atoms in total. The van der Waals surface area contributed by atoms with Gasteiger partial charge in [0.25, 0.3) is 10.0 Å². The molecular formula is C23H23FN4O2S. The van der Waals surface area contributed by atoms with Gasteiger partial charge in [-0.3, -0.25) is 9.71 Å². The van der Waals surface area contributed by atoms with Crippen LogP contribution in [0.25, 0.3) is 16.6 Å². The normalized spacial score (nSPS) is 12.3. The zero-order valence-electron chi connectivity index (χ0n) is 17.7. The Bertz CT molecular complexity index is 1380. The molecule has 0 bridgehead atoms. The van der Waals surface area contributed by atoms with Crippen LogP contribution in [0.5, 0.6) is 0 Å². The highest BCUT2D eigenvalue weighted by molar-refractivity contribution is 7.92. The van der Waals surface area contributed by atoms with Gasteiger partial charge in [0.05, 0.1) is 16.9 Å². The third-order valence-corrected chi connectivity index (χ3v) is 6.40. The molecule has 0 saturated heterocycles. The van der Waals surface area contributed by atoms with Gasteiger partial charge < -0.3 is 0 Å². The summed E-state index contributed by atoms with van der Waals surface area (Å²) in [5, 5.41) is 5.26. The van der Waals surface area contributed by atoms with Crippen LogP contribution in [-0.4, -0.2) is 23.2 Å². The molecule has 8 heteroatoms. The number of anilines is 1. The Morgan fingerprint density at radius 1 is 1.03 bits per heavy atom. The van der Waals surface area contributed by atoms with Crippen molar-refractivity contribution in [3.05, 3.63) is 77.9 Å². The first-order chi connectivity index (χ1) is 14.6. The average Bonchev–Trinajstić information content (AvgIpc) is 3.05. The van der Waals surface area contributed by atoms with E-state index in [0.29, 0.717) is 16.9 Å². The first kappa shape index (κ1) is 21.0. The first-order valence-electron chi connectivity index (χ1n) is 9.80. The van der Waals surface area contributed by atoms with E-state index in [0.717, 1.165) is 10.9 Å². The molecule has 1 N–H and O–H groups in total. The summed E-state index contributed by atoms with van der Waals surface area (Å²) in [7, 11) is -4.18. The summed E-state index contributed by atoms with van der Waals surface area (Å²) in [5.74, 6) is -0.578. The fourth-order valence-electron chi connectivity index (χ4n) is 3.41. The number of halogens is 1. The van der Waals surface area contributed by atoms with E-state index in [-0.39, 0.29) is 11.2 Å². The summed E-state index contributed by atoms with van der Waals surface area (Å²) >= 11 is 0. The lowest BCUT2D eigenvalue weighted by atomic mass is 9.87.